The number of hydrogen-bond acceptors (Lipinski definition) is 4. The van der Waals surface area contributed by atoms with Gasteiger partial charge in [-0.2, -0.15) is 18.3 Å². The molecule has 2 aromatic heterocycles. The minimum Gasteiger partial charge on any atom is -0.268 e. The quantitative estimate of drug-likeness (QED) is 0.853. The summed E-state index contributed by atoms with van der Waals surface area (Å²) in [5, 5.41) is 4.13. The molecule has 0 spiro atoms. The highest BCUT2D eigenvalue weighted by Crippen LogP contribution is 2.34. The standard InChI is InChI=1S/C11H10F3N3OS/c1-6-3-9(18)17(15-4-6)5-8-10(11(12,13)14)16-7(2)19-8/h3-4H,5H2,1-2H3. The minimum atomic E-state index is -4.52. The van der Waals surface area contributed by atoms with E-state index < -0.39 is 17.4 Å². The molecule has 0 N–H and O–H groups in total. The first-order valence-electron chi connectivity index (χ1n) is 5.34. The molecule has 4 nitrogen and oxygen atoms in total. The van der Waals surface area contributed by atoms with E-state index in [0.29, 0.717) is 10.6 Å². The number of halogens is 3. The number of rotatable bonds is 2. The molecule has 0 saturated carbocycles. The zero-order valence-corrected chi connectivity index (χ0v) is 11.0. The molecular formula is C11H10F3N3OS. The van der Waals surface area contributed by atoms with Crippen LogP contribution < -0.4 is 5.56 Å². The van der Waals surface area contributed by atoms with E-state index in [1.165, 1.54) is 19.2 Å². The van der Waals surface area contributed by atoms with Gasteiger partial charge in [-0.05, 0) is 19.4 Å². The summed E-state index contributed by atoms with van der Waals surface area (Å²) in [4.78, 5) is 15.1. The van der Waals surface area contributed by atoms with Gasteiger partial charge in [0, 0.05) is 6.07 Å². The summed E-state index contributed by atoms with van der Waals surface area (Å²) in [6, 6.07) is 1.33. The van der Waals surface area contributed by atoms with Gasteiger partial charge in [0.25, 0.3) is 5.56 Å². The van der Waals surface area contributed by atoms with E-state index in [9.17, 15) is 18.0 Å². The van der Waals surface area contributed by atoms with Crippen molar-refractivity contribution in [2.24, 2.45) is 0 Å². The van der Waals surface area contributed by atoms with Gasteiger partial charge >= 0.3 is 6.18 Å². The van der Waals surface area contributed by atoms with Gasteiger partial charge in [-0.3, -0.25) is 4.79 Å². The second-order valence-electron chi connectivity index (χ2n) is 4.03. The van der Waals surface area contributed by atoms with Crippen molar-refractivity contribution in [2.45, 2.75) is 26.6 Å². The van der Waals surface area contributed by atoms with E-state index in [0.717, 1.165) is 16.0 Å². The fourth-order valence-corrected chi connectivity index (χ4v) is 2.52. The fourth-order valence-electron chi connectivity index (χ4n) is 1.58. The van der Waals surface area contributed by atoms with Crippen molar-refractivity contribution in [3.05, 3.63) is 43.8 Å². The van der Waals surface area contributed by atoms with E-state index in [-0.39, 0.29) is 11.4 Å². The Balaban J connectivity index is 2.41. The molecule has 102 valence electrons. The molecule has 0 aromatic carbocycles. The molecule has 0 saturated heterocycles. The van der Waals surface area contributed by atoms with Gasteiger partial charge in [-0.25, -0.2) is 9.67 Å². The number of aromatic nitrogens is 3. The Morgan fingerprint density at radius 3 is 2.63 bits per heavy atom. The van der Waals surface area contributed by atoms with Crippen LogP contribution in [0.4, 0.5) is 13.2 Å². The van der Waals surface area contributed by atoms with Crippen molar-refractivity contribution >= 4 is 11.3 Å². The molecule has 0 aliphatic rings. The Bertz CT molecular complexity index is 660. The highest BCUT2D eigenvalue weighted by Gasteiger charge is 2.37. The van der Waals surface area contributed by atoms with Gasteiger partial charge in [0.05, 0.1) is 22.6 Å². The van der Waals surface area contributed by atoms with Crippen LogP contribution in [0.2, 0.25) is 0 Å². The molecule has 2 heterocycles. The maximum absolute atomic E-state index is 12.8. The molecule has 0 amide bonds. The molecular weight excluding hydrogens is 279 g/mol. The second-order valence-corrected chi connectivity index (χ2v) is 5.32. The van der Waals surface area contributed by atoms with Crippen molar-refractivity contribution in [3.63, 3.8) is 0 Å². The minimum absolute atomic E-state index is 0.0107. The topological polar surface area (TPSA) is 47.8 Å². The lowest BCUT2D eigenvalue weighted by atomic mass is 10.3. The van der Waals surface area contributed by atoms with Gasteiger partial charge in [0.1, 0.15) is 0 Å². The fraction of sp³-hybridized carbons (Fsp3) is 0.364. The predicted molar refractivity (Wildman–Crippen MR) is 64.2 cm³/mol. The average molecular weight is 289 g/mol. The van der Waals surface area contributed by atoms with Gasteiger partial charge in [-0.1, -0.05) is 0 Å². The lowest BCUT2D eigenvalue weighted by molar-refractivity contribution is -0.141. The Morgan fingerprint density at radius 2 is 2.05 bits per heavy atom. The van der Waals surface area contributed by atoms with Crippen molar-refractivity contribution in [1.29, 1.82) is 0 Å². The summed E-state index contributed by atoms with van der Waals surface area (Å²) < 4.78 is 39.3. The lowest BCUT2D eigenvalue weighted by Gasteiger charge is -2.07. The predicted octanol–water partition coefficient (Wildman–Crippen LogP) is 2.38. The third kappa shape index (κ3) is 3.01. The van der Waals surface area contributed by atoms with Crippen molar-refractivity contribution in [2.75, 3.05) is 0 Å². The third-order valence-electron chi connectivity index (χ3n) is 2.37. The summed E-state index contributed by atoms with van der Waals surface area (Å²) in [5.41, 5.74) is -0.707. The second kappa shape index (κ2) is 4.76. The van der Waals surface area contributed by atoms with Crippen molar-refractivity contribution in [1.82, 2.24) is 14.8 Å². The number of nitrogens with zero attached hydrogens (tertiary/aromatic N) is 3. The molecule has 19 heavy (non-hydrogen) atoms. The van der Waals surface area contributed by atoms with Crippen LogP contribution in [-0.2, 0) is 12.7 Å². The van der Waals surface area contributed by atoms with E-state index in [2.05, 4.69) is 10.1 Å². The first-order valence-corrected chi connectivity index (χ1v) is 6.16. The van der Waals surface area contributed by atoms with E-state index >= 15 is 0 Å². The summed E-state index contributed by atoms with van der Waals surface area (Å²) in [6.07, 6.45) is -3.09. The largest absolute Gasteiger partial charge is 0.434 e. The molecule has 0 aliphatic carbocycles. The molecule has 0 atom stereocenters. The summed E-state index contributed by atoms with van der Waals surface area (Å²) in [7, 11) is 0. The SMILES string of the molecule is Cc1cnn(Cc2sc(C)nc2C(F)(F)F)c(=O)c1. The zero-order valence-electron chi connectivity index (χ0n) is 10.2. The van der Waals surface area contributed by atoms with Gasteiger partial charge in [-0.15, -0.1) is 11.3 Å². The Kier molecular flexibility index (Phi) is 3.44. The highest BCUT2D eigenvalue weighted by molar-refractivity contribution is 7.11. The highest BCUT2D eigenvalue weighted by atomic mass is 32.1. The number of thiazole rings is 1. The molecule has 0 unspecified atom stereocenters. The Morgan fingerprint density at radius 1 is 1.37 bits per heavy atom. The molecule has 2 rings (SSSR count). The van der Waals surface area contributed by atoms with E-state index in [4.69, 9.17) is 0 Å². The number of alkyl halides is 3. The molecule has 0 radical (unpaired) electrons. The van der Waals surface area contributed by atoms with Gasteiger partial charge in [0.2, 0.25) is 0 Å². The van der Waals surface area contributed by atoms with Crippen LogP contribution in [0.15, 0.2) is 17.1 Å². The molecule has 8 heteroatoms. The summed E-state index contributed by atoms with van der Waals surface area (Å²) >= 11 is 0.918. The van der Waals surface area contributed by atoms with Crippen LogP contribution in [0.1, 0.15) is 21.1 Å². The molecule has 0 fully saturated rings. The summed E-state index contributed by atoms with van der Waals surface area (Å²) in [5.74, 6) is 0. The molecule has 2 aromatic rings. The van der Waals surface area contributed by atoms with E-state index in [1.807, 2.05) is 0 Å². The maximum atomic E-state index is 12.8. The first-order chi connectivity index (χ1) is 8.77. The Labute approximate surface area is 110 Å². The van der Waals surface area contributed by atoms with Crippen molar-refractivity contribution < 1.29 is 13.2 Å². The van der Waals surface area contributed by atoms with Crippen LogP contribution in [0.3, 0.4) is 0 Å². The van der Waals surface area contributed by atoms with Gasteiger partial charge < -0.3 is 0 Å². The smallest absolute Gasteiger partial charge is 0.268 e. The van der Waals surface area contributed by atoms with Gasteiger partial charge in [0.15, 0.2) is 5.69 Å². The number of hydrogen-bond donors (Lipinski definition) is 0. The van der Waals surface area contributed by atoms with Crippen LogP contribution in [-0.4, -0.2) is 14.8 Å². The van der Waals surface area contributed by atoms with Crippen LogP contribution in [0.5, 0.6) is 0 Å². The zero-order chi connectivity index (χ0) is 14.2. The third-order valence-corrected chi connectivity index (χ3v) is 3.33. The monoisotopic (exact) mass is 289 g/mol. The van der Waals surface area contributed by atoms with Crippen LogP contribution in [0.25, 0.3) is 0 Å². The molecule has 0 aliphatic heterocycles. The van der Waals surface area contributed by atoms with Crippen molar-refractivity contribution in [3.8, 4) is 0 Å². The van der Waals surface area contributed by atoms with Crippen LogP contribution >= 0.6 is 11.3 Å². The number of aryl methyl sites for hydroxylation is 2. The maximum Gasteiger partial charge on any atom is 0.434 e. The first kappa shape index (κ1) is 13.7. The van der Waals surface area contributed by atoms with Crippen LogP contribution in [0, 0.1) is 13.8 Å². The Hall–Kier alpha value is -1.70. The average Bonchev–Trinajstić information content (AvgIpc) is 2.63. The summed E-state index contributed by atoms with van der Waals surface area (Å²) in [6.45, 7) is 2.96. The van der Waals surface area contributed by atoms with E-state index in [1.54, 1.807) is 6.92 Å². The lowest BCUT2D eigenvalue weighted by Crippen LogP contribution is -2.23. The normalized spacial score (nSPS) is 11.8. The molecule has 0 bridgehead atoms.